The number of aliphatic carboxylic acids is 1. The monoisotopic (exact) mass is 572 g/mol. The highest BCUT2D eigenvalue weighted by Crippen LogP contribution is 2.49. The van der Waals surface area contributed by atoms with Crippen molar-refractivity contribution in [3.8, 4) is 11.5 Å². The Hall–Kier alpha value is -3.05. The molecular formula is C28H36F4N2O6. The molecule has 0 saturated heterocycles. The van der Waals surface area contributed by atoms with Gasteiger partial charge in [-0.25, -0.2) is 4.39 Å². The van der Waals surface area contributed by atoms with Gasteiger partial charge in [-0.05, 0) is 76.7 Å². The molecule has 1 aromatic rings. The summed E-state index contributed by atoms with van der Waals surface area (Å²) in [6.07, 6.45) is -1.03. The Morgan fingerprint density at radius 3 is 2.25 bits per heavy atom. The van der Waals surface area contributed by atoms with Crippen LogP contribution in [-0.2, 0) is 9.59 Å². The summed E-state index contributed by atoms with van der Waals surface area (Å²) < 4.78 is 65.8. The molecule has 3 aliphatic carbocycles. The van der Waals surface area contributed by atoms with Crippen LogP contribution >= 0.6 is 0 Å². The quantitative estimate of drug-likeness (QED) is 0.370. The van der Waals surface area contributed by atoms with E-state index < -0.39 is 65.7 Å². The highest BCUT2D eigenvalue weighted by Gasteiger charge is 2.53. The Morgan fingerprint density at radius 1 is 1.00 bits per heavy atom. The van der Waals surface area contributed by atoms with Crippen LogP contribution < -0.4 is 20.1 Å². The number of carbonyl (C=O) groups excluding carboxylic acids is 2. The molecule has 8 nitrogen and oxygen atoms in total. The summed E-state index contributed by atoms with van der Waals surface area (Å²) >= 11 is 0. The van der Waals surface area contributed by atoms with Crippen LogP contribution in [0.15, 0.2) is 12.1 Å². The van der Waals surface area contributed by atoms with Gasteiger partial charge in [0.05, 0.1) is 36.0 Å². The molecule has 4 rings (SSSR count). The number of methoxy groups -OCH3 is 1. The zero-order valence-electron chi connectivity index (χ0n) is 22.8. The molecule has 12 heteroatoms. The Kier molecular flexibility index (Phi) is 8.56. The third-order valence-electron chi connectivity index (χ3n) is 8.80. The standard InChI is InChI=1S/C28H36F4N2O6/c1-27(2,28(30,31)32)13-33-25(36)22-15-4-5-16(10-15)23(22)34-24(35)18-11-21(19(29)12-20(18)39-3)40-17-8-6-14(7-9-17)26(37)38/h11-12,14-17,22-23H,4-10,13H2,1-3H3,(H,33,36)(H,34,35)(H,37,38). The summed E-state index contributed by atoms with van der Waals surface area (Å²) in [6.45, 7) is 1.46. The van der Waals surface area contributed by atoms with Crippen LogP contribution in [0.4, 0.5) is 17.6 Å². The van der Waals surface area contributed by atoms with E-state index in [2.05, 4.69) is 10.6 Å². The summed E-state index contributed by atoms with van der Waals surface area (Å²) in [5, 5.41) is 14.5. The minimum Gasteiger partial charge on any atom is -0.496 e. The molecule has 3 saturated carbocycles. The van der Waals surface area contributed by atoms with E-state index in [4.69, 9.17) is 9.47 Å². The lowest BCUT2D eigenvalue weighted by Crippen LogP contribution is -2.52. The smallest absolute Gasteiger partial charge is 0.395 e. The Bertz CT molecular complexity index is 1130. The van der Waals surface area contributed by atoms with Crippen molar-refractivity contribution in [2.75, 3.05) is 13.7 Å². The number of hydrogen-bond acceptors (Lipinski definition) is 5. The molecular weight excluding hydrogens is 536 g/mol. The van der Waals surface area contributed by atoms with Crippen molar-refractivity contribution in [2.45, 2.75) is 77.1 Å². The van der Waals surface area contributed by atoms with E-state index in [1.54, 1.807) is 0 Å². The van der Waals surface area contributed by atoms with Gasteiger partial charge in [-0.3, -0.25) is 14.4 Å². The third kappa shape index (κ3) is 6.15. The molecule has 4 unspecified atom stereocenters. The minimum absolute atomic E-state index is 0.00161. The second-order valence-corrected chi connectivity index (χ2v) is 11.9. The third-order valence-corrected chi connectivity index (χ3v) is 8.80. The predicted molar refractivity (Wildman–Crippen MR) is 135 cm³/mol. The summed E-state index contributed by atoms with van der Waals surface area (Å²) in [5.41, 5.74) is -2.11. The Balaban J connectivity index is 1.47. The first-order chi connectivity index (χ1) is 18.7. The lowest BCUT2D eigenvalue weighted by Gasteiger charge is -2.33. The number of hydrogen-bond donors (Lipinski definition) is 3. The number of nitrogens with one attached hydrogen (secondary N) is 2. The van der Waals surface area contributed by atoms with Gasteiger partial charge in [-0.1, -0.05) is 0 Å². The van der Waals surface area contributed by atoms with E-state index in [9.17, 15) is 37.1 Å². The number of halogens is 4. The zero-order chi connectivity index (χ0) is 29.4. The SMILES string of the molecule is COc1cc(F)c(OC2CCC(C(=O)O)CC2)cc1C(=O)NC1C2CCC(C2)C1C(=O)NCC(C)(C)C(F)(F)F. The summed E-state index contributed by atoms with van der Waals surface area (Å²) in [7, 11) is 1.29. The molecule has 0 heterocycles. The predicted octanol–water partition coefficient (Wildman–Crippen LogP) is 4.71. The molecule has 4 atom stereocenters. The van der Waals surface area contributed by atoms with Crippen molar-refractivity contribution < 1.29 is 46.5 Å². The maximum atomic E-state index is 14.8. The molecule has 222 valence electrons. The van der Waals surface area contributed by atoms with Crippen LogP contribution in [0, 0.1) is 34.9 Å². The van der Waals surface area contributed by atoms with Gasteiger partial charge in [0.1, 0.15) is 5.75 Å². The number of amides is 2. The van der Waals surface area contributed by atoms with Crippen LogP contribution in [0.3, 0.4) is 0 Å². The molecule has 2 bridgehead atoms. The van der Waals surface area contributed by atoms with Crippen LogP contribution in [0.5, 0.6) is 11.5 Å². The number of ether oxygens (including phenoxy) is 2. The highest BCUT2D eigenvalue weighted by molar-refractivity contribution is 5.98. The Morgan fingerprint density at radius 2 is 1.65 bits per heavy atom. The fourth-order valence-corrected chi connectivity index (χ4v) is 6.21. The minimum atomic E-state index is -4.49. The largest absolute Gasteiger partial charge is 0.496 e. The van der Waals surface area contributed by atoms with Crippen molar-refractivity contribution in [3.63, 3.8) is 0 Å². The van der Waals surface area contributed by atoms with E-state index in [0.717, 1.165) is 32.8 Å². The number of benzene rings is 1. The molecule has 0 aliphatic heterocycles. The molecule has 0 spiro atoms. The molecule has 40 heavy (non-hydrogen) atoms. The van der Waals surface area contributed by atoms with Crippen molar-refractivity contribution in [2.24, 2.45) is 29.1 Å². The summed E-state index contributed by atoms with van der Waals surface area (Å²) in [6, 6.07) is 1.68. The average Bonchev–Trinajstić information content (AvgIpc) is 3.50. The first kappa shape index (κ1) is 29.9. The zero-order valence-corrected chi connectivity index (χ0v) is 22.8. The second kappa shape index (κ2) is 11.4. The molecule has 3 fully saturated rings. The number of fused-ring (bicyclic) bond motifs is 2. The van der Waals surface area contributed by atoms with E-state index in [-0.39, 0.29) is 28.9 Å². The summed E-state index contributed by atoms with van der Waals surface area (Å²) in [4.78, 5) is 37.7. The molecule has 2 amide bonds. The number of alkyl halides is 3. The van der Waals surface area contributed by atoms with E-state index >= 15 is 0 Å². The van der Waals surface area contributed by atoms with E-state index in [1.807, 2.05) is 0 Å². The van der Waals surface area contributed by atoms with E-state index in [0.29, 0.717) is 32.1 Å². The van der Waals surface area contributed by atoms with Gasteiger partial charge in [-0.2, -0.15) is 13.2 Å². The van der Waals surface area contributed by atoms with Crippen molar-refractivity contribution in [3.05, 3.63) is 23.5 Å². The molecule has 0 radical (unpaired) electrons. The summed E-state index contributed by atoms with van der Waals surface area (Å²) in [5.74, 6) is -4.15. The Labute approximate surface area is 230 Å². The van der Waals surface area contributed by atoms with Gasteiger partial charge in [-0.15, -0.1) is 0 Å². The second-order valence-electron chi connectivity index (χ2n) is 11.9. The van der Waals surface area contributed by atoms with E-state index in [1.165, 1.54) is 13.2 Å². The molecule has 3 N–H and O–H groups in total. The average molecular weight is 573 g/mol. The van der Waals surface area contributed by atoms with Gasteiger partial charge < -0.3 is 25.2 Å². The van der Waals surface area contributed by atoms with Gasteiger partial charge in [0, 0.05) is 18.7 Å². The molecule has 3 aliphatic rings. The molecule has 1 aromatic carbocycles. The van der Waals surface area contributed by atoms with Crippen molar-refractivity contribution >= 4 is 17.8 Å². The number of carboxylic acids is 1. The normalized spacial score (nSPS) is 28.2. The fraction of sp³-hybridized carbons (Fsp3) is 0.679. The van der Waals surface area contributed by atoms with Gasteiger partial charge >= 0.3 is 12.1 Å². The van der Waals surface area contributed by atoms with Crippen LogP contribution in [-0.4, -0.2) is 54.9 Å². The van der Waals surface area contributed by atoms with Crippen LogP contribution in [0.2, 0.25) is 0 Å². The topological polar surface area (TPSA) is 114 Å². The lowest BCUT2D eigenvalue weighted by atomic mass is 9.83. The highest BCUT2D eigenvalue weighted by atomic mass is 19.4. The number of carboxylic acid groups (broad SMARTS) is 1. The first-order valence-electron chi connectivity index (χ1n) is 13.6. The van der Waals surface area contributed by atoms with Crippen molar-refractivity contribution in [1.82, 2.24) is 10.6 Å². The lowest BCUT2D eigenvalue weighted by molar-refractivity contribution is -0.209. The van der Waals surface area contributed by atoms with Gasteiger partial charge in [0.15, 0.2) is 11.6 Å². The van der Waals surface area contributed by atoms with Crippen molar-refractivity contribution in [1.29, 1.82) is 0 Å². The first-order valence-corrected chi connectivity index (χ1v) is 13.6. The molecule has 0 aromatic heterocycles. The van der Waals surface area contributed by atoms with Crippen LogP contribution in [0.25, 0.3) is 0 Å². The fourth-order valence-electron chi connectivity index (χ4n) is 6.21. The number of rotatable bonds is 9. The maximum Gasteiger partial charge on any atom is 0.395 e. The van der Waals surface area contributed by atoms with Crippen LogP contribution in [0.1, 0.15) is 69.2 Å². The maximum absolute atomic E-state index is 14.8. The number of carbonyl (C=O) groups is 3. The van der Waals surface area contributed by atoms with Gasteiger partial charge in [0.2, 0.25) is 5.91 Å². The van der Waals surface area contributed by atoms with Gasteiger partial charge in [0.25, 0.3) is 5.91 Å².